The number of rotatable bonds is 8. The van der Waals surface area contributed by atoms with Crippen molar-refractivity contribution < 1.29 is 9.53 Å². The van der Waals surface area contributed by atoms with Crippen LogP contribution in [0.15, 0.2) is 0 Å². The number of carbonyl (C=O) groups excluding carboxylic acids is 1. The van der Waals surface area contributed by atoms with Crippen molar-refractivity contribution in [1.29, 1.82) is 0 Å². The second-order valence-corrected chi connectivity index (χ2v) is 3.45. The predicted octanol–water partition coefficient (Wildman–Crippen LogP) is 0.657. The zero-order valence-electron chi connectivity index (χ0n) is 9.21. The Bertz CT molecular complexity index is 151. The first-order chi connectivity index (χ1) is 6.70. The Hall–Kier alpha value is -0.610. The zero-order valence-corrected chi connectivity index (χ0v) is 9.21. The Morgan fingerprint density at radius 2 is 2.29 bits per heavy atom. The van der Waals surface area contributed by atoms with Gasteiger partial charge in [-0.25, -0.2) is 0 Å². The standard InChI is InChI=1S/C10H22N2O2/c1-3-5-9(11)8-10(13)12-6-4-7-14-2/h9H,3-8,11H2,1-2H3,(H,12,13). The highest BCUT2D eigenvalue weighted by Crippen LogP contribution is 1.97. The van der Waals surface area contributed by atoms with E-state index in [0.717, 1.165) is 19.3 Å². The molecule has 1 unspecified atom stereocenters. The van der Waals surface area contributed by atoms with Crippen molar-refractivity contribution >= 4 is 5.91 Å². The summed E-state index contributed by atoms with van der Waals surface area (Å²) >= 11 is 0. The molecule has 0 aliphatic rings. The van der Waals surface area contributed by atoms with Crippen molar-refractivity contribution in [3.05, 3.63) is 0 Å². The van der Waals surface area contributed by atoms with Gasteiger partial charge in [0.1, 0.15) is 0 Å². The number of amides is 1. The molecule has 0 bridgehead atoms. The zero-order chi connectivity index (χ0) is 10.8. The van der Waals surface area contributed by atoms with Gasteiger partial charge in [0.25, 0.3) is 0 Å². The van der Waals surface area contributed by atoms with Gasteiger partial charge in [-0.15, -0.1) is 0 Å². The average Bonchev–Trinajstić information content (AvgIpc) is 2.13. The third-order valence-electron chi connectivity index (χ3n) is 1.95. The number of nitrogens with one attached hydrogen (secondary N) is 1. The maximum atomic E-state index is 11.3. The minimum atomic E-state index is 0.00225. The molecule has 14 heavy (non-hydrogen) atoms. The van der Waals surface area contributed by atoms with E-state index in [1.54, 1.807) is 7.11 Å². The predicted molar refractivity (Wildman–Crippen MR) is 57.0 cm³/mol. The molecule has 0 aromatic carbocycles. The molecule has 0 aromatic heterocycles. The second kappa shape index (κ2) is 8.97. The first kappa shape index (κ1) is 13.4. The maximum Gasteiger partial charge on any atom is 0.221 e. The minimum Gasteiger partial charge on any atom is -0.385 e. The largest absolute Gasteiger partial charge is 0.385 e. The average molecular weight is 202 g/mol. The van der Waals surface area contributed by atoms with Gasteiger partial charge < -0.3 is 15.8 Å². The van der Waals surface area contributed by atoms with E-state index < -0.39 is 0 Å². The van der Waals surface area contributed by atoms with Gasteiger partial charge in [-0.2, -0.15) is 0 Å². The van der Waals surface area contributed by atoms with Crippen LogP contribution in [-0.4, -0.2) is 32.2 Å². The molecule has 0 aliphatic heterocycles. The van der Waals surface area contributed by atoms with E-state index in [9.17, 15) is 4.79 Å². The molecule has 4 nitrogen and oxygen atoms in total. The molecule has 0 aromatic rings. The minimum absolute atomic E-state index is 0.00225. The van der Waals surface area contributed by atoms with Gasteiger partial charge in [0.05, 0.1) is 0 Å². The summed E-state index contributed by atoms with van der Waals surface area (Å²) in [4.78, 5) is 11.3. The van der Waals surface area contributed by atoms with Crippen molar-refractivity contribution in [2.75, 3.05) is 20.3 Å². The van der Waals surface area contributed by atoms with Crippen LogP contribution in [-0.2, 0) is 9.53 Å². The number of carbonyl (C=O) groups is 1. The van der Waals surface area contributed by atoms with Gasteiger partial charge in [0.15, 0.2) is 0 Å². The number of methoxy groups -OCH3 is 1. The van der Waals surface area contributed by atoms with Crippen molar-refractivity contribution in [1.82, 2.24) is 5.32 Å². The fourth-order valence-electron chi connectivity index (χ4n) is 1.23. The van der Waals surface area contributed by atoms with Gasteiger partial charge in [-0.05, 0) is 12.8 Å². The van der Waals surface area contributed by atoms with Crippen molar-refractivity contribution in [2.24, 2.45) is 5.73 Å². The van der Waals surface area contributed by atoms with E-state index in [0.29, 0.717) is 19.6 Å². The Labute approximate surface area is 86.2 Å². The summed E-state index contributed by atoms with van der Waals surface area (Å²) < 4.78 is 4.87. The van der Waals surface area contributed by atoms with E-state index in [2.05, 4.69) is 12.2 Å². The topological polar surface area (TPSA) is 64.4 Å². The van der Waals surface area contributed by atoms with Crippen LogP contribution in [0.4, 0.5) is 0 Å². The summed E-state index contributed by atoms with van der Waals surface area (Å²) in [7, 11) is 1.65. The molecule has 84 valence electrons. The van der Waals surface area contributed by atoms with E-state index in [-0.39, 0.29) is 11.9 Å². The highest BCUT2D eigenvalue weighted by Gasteiger charge is 2.07. The lowest BCUT2D eigenvalue weighted by Gasteiger charge is -2.10. The van der Waals surface area contributed by atoms with E-state index in [1.165, 1.54) is 0 Å². The quantitative estimate of drug-likeness (QED) is 0.568. The van der Waals surface area contributed by atoms with Crippen molar-refractivity contribution in [3.8, 4) is 0 Å². The second-order valence-electron chi connectivity index (χ2n) is 3.45. The molecule has 0 radical (unpaired) electrons. The van der Waals surface area contributed by atoms with Crippen LogP contribution < -0.4 is 11.1 Å². The molecule has 0 aliphatic carbocycles. The molecule has 0 rings (SSSR count). The summed E-state index contributed by atoms with van der Waals surface area (Å²) in [5.41, 5.74) is 5.73. The molecule has 0 fully saturated rings. The molecule has 0 saturated carbocycles. The SMILES string of the molecule is CCCC(N)CC(=O)NCCCOC. The lowest BCUT2D eigenvalue weighted by atomic mass is 10.1. The third kappa shape index (κ3) is 8.01. The van der Waals surface area contributed by atoms with Crippen molar-refractivity contribution in [2.45, 2.75) is 38.6 Å². The first-order valence-corrected chi connectivity index (χ1v) is 5.22. The van der Waals surface area contributed by atoms with Crippen LogP contribution in [0.25, 0.3) is 0 Å². The van der Waals surface area contributed by atoms with Crippen LogP contribution in [0.5, 0.6) is 0 Å². The molecule has 0 saturated heterocycles. The van der Waals surface area contributed by atoms with Crippen LogP contribution in [0.2, 0.25) is 0 Å². The lowest BCUT2D eigenvalue weighted by molar-refractivity contribution is -0.121. The summed E-state index contributed by atoms with van der Waals surface area (Å²) in [6.45, 7) is 3.42. The Morgan fingerprint density at radius 1 is 1.57 bits per heavy atom. The number of hydrogen-bond donors (Lipinski definition) is 2. The van der Waals surface area contributed by atoms with Crippen LogP contribution in [0.3, 0.4) is 0 Å². The molecular formula is C10H22N2O2. The van der Waals surface area contributed by atoms with Gasteiger partial charge in [-0.3, -0.25) is 4.79 Å². The van der Waals surface area contributed by atoms with Crippen LogP contribution in [0.1, 0.15) is 32.6 Å². The summed E-state index contributed by atoms with van der Waals surface area (Å²) in [6, 6.07) is 0.00225. The normalized spacial score (nSPS) is 12.5. The smallest absolute Gasteiger partial charge is 0.221 e. The molecule has 3 N–H and O–H groups in total. The van der Waals surface area contributed by atoms with E-state index in [4.69, 9.17) is 10.5 Å². The Balaban J connectivity index is 3.35. The summed E-state index contributed by atoms with van der Waals surface area (Å²) in [6.07, 6.45) is 3.22. The first-order valence-electron chi connectivity index (χ1n) is 5.22. The van der Waals surface area contributed by atoms with Gasteiger partial charge in [0.2, 0.25) is 5.91 Å². The summed E-state index contributed by atoms with van der Waals surface area (Å²) in [5.74, 6) is 0.0436. The van der Waals surface area contributed by atoms with Crippen LogP contribution >= 0.6 is 0 Å². The fourth-order valence-corrected chi connectivity index (χ4v) is 1.23. The highest BCUT2D eigenvalue weighted by atomic mass is 16.5. The summed E-state index contributed by atoms with van der Waals surface area (Å²) in [5, 5.41) is 2.81. The highest BCUT2D eigenvalue weighted by molar-refractivity contribution is 5.76. The number of ether oxygens (including phenoxy) is 1. The third-order valence-corrected chi connectivity index (χ3v) is 1.95. The van der Waals surface area contributed by atoms with Gasteiger partial charge >= 0.3 is 0 Å². The lowest BCUT2D eigenvalue weighted by Crippen LogP contribution is -2.32. The molecule has 1 amide bonds. The molecule has 4 heteroatoms. The molecule has 0 heterocycles. The number of nitrogens with two attached hydrogens (primary N) is 1. The molecule has 0 spiro atoms. The fraction of sp³-hybridized carbons (Fsp3) is 0.900. The van der Waals surface area contributed by atoms with Gasteiger partial charge in [0, 0.05) is 32.7 Å². The molecule has 1 atom stereocenters. The maximum absolute atomic E-state index is 11.3. The number of hydrogen-bond acceptors (Lipinski definition) is 3. The van der Waals surface area contributed by atoms with Crippen molar-refractivity contribution in [3.63, 3.8) is 0 Å². The Kier molecular flexibility index (Phi) is 8.57. The monoisotopic (exact) mass is 202 g/mol. The van der Waals surface area contributed by atoms with Gasteiger partial charge in [-0.1, -0.05) is 13.3 Å². The molecular weight excluding hydrogens is 180 g/mol. The van der Waals surface area contributed by atoms with E-state index in [1.807, 2.05) is 0 Å². The Morgan fingerprint density at radius 3 is 2.86 bits per heavy atom. The van der Waals surface area contributed by atoms with E-state index >= 15 is 0 Å². The van der Waals surface area contributed by atoms with Crippen LogP contribution in [0, 0.1) is 0 Å².